The van der Waals surface area contributed by atoms with Crippen molar-refractivity contribution in [1.82, 2.24) is 5.43 Å². The van der Waals surface area contributed by atoms with Gasteiger partial charge in [-0.25, -0.2) is 10.2 Å². The highest BCUT2D eigenvalue weighted by atomic mass is 16.6. The zero-order valence-corrected chi connectivity index (χ0v) is 19.8. The molecule has 0 saturated heterocycles. The molecule has 0 heterocycles. The first-order valence-corrected chi connectivity index (χ1v) is 11.0. The number of benzene rings is 3. The number of rotatable bonds is 9. The van der Waals surface area contributed by atoms with Crippen molar-refractivity contribution < 1.29 is 19.1 Å². The van der Waals surface area contributed by atoms with Crippen LogP contribution in [-0.4, -0.2) is 31.2 Å². The minimum Gasteiger partial charge on any atom is -0.490 e. The van der Waals surface area contributed by atoms with Crippen LogP contribution in [0.1, 0.15) is 39.5 Å². The van der Waals surface area contributed by atoms with Gasteiger partial charge in [-0.1, -0.05) is 35.9 Å². The molecule has 0 spiro atoms. The summed E-state index contributed by atoms with van der Waals surface area (Å²) in [5.41, 5.74) is 7.79. The van der Waals surface area contributed by atoms with Gasteiger partial charge in [0, 0.05) is 5.69 Å². The summed E-state index contributed by atoms with van der Waals surface area (Å²) in [7, 11) is 0. The second-order valence-corrected chi connectivity index (χ2v) is 7.81. The van der Waals surface area contributed by atoms with Crippen LogP contribution in [0.2, 0.25) is 0 Å². The lowest BCUT2D eigenvalue weighted by Crippen LogP contribution is -2.26. The standard InChI is InChI=1S/C27H29N3O4/c1-5-33-24-15-21(11-14-23(24)34-27(32)22-12-9-18(2)10-13-22)16-29-30-25(31)17-28-26-19(3)7-6-8-20(26)4/h6-16,28H,5,17H2,1-4H3,(H,30,31). The maximum atomic E-state index is 12.5. The van der Waals surface area contributed by atoms with Gasteiger partial charge in [0.1, 0.15) is 0 Å². The Hall–Kier alpha value is -4.13. The van der Waals surface area contributed by atoms with E-state index in [1.54, 1.807) is 30.3 Å². The molecule has 0 unspecified atom stereocenters. The first-order chi connectivity index (χ1) is 16.4. The number of anilines is 1. The fourth-order valence-electron chi connectivity index (χ4n) is 3.29. The molecule has 7 heteroatoms. The van der Waals surface area contributed by atoms with E-state index in [2.05, 4.69) is 15.8 Å². The van der Waals surface area contributed by atoms with E-state index in [0.29, 0.717) is 29.2 Å². The summed E-state index contributed by atoms with van der Waals surface area (Å²) < 4.78 is 11.2. The molecule has 0 aliphatic heterocycles. The maximum absolute atomic E-state index is 12.5. The molecule has 1 amide bonds. The predicted octanol–water partition coefficient (Wildman–Crippen LogP) is 4.79. The summed E-state index contributed by atoms with van der Waals surface area (Å²) in [5, 5.41) is 7.16. The molecule has 2 N–H and O–H groups in total. The minimum atomic E-state index is -0.467. The Morgan fingerprint density at radius 3 is 2.32 bits per heavy atom. The third kappa shape index (κ3) is 6.68. The van der Waals surface area contributed by atoms with Crippen LogP contribution < -0.4 is 20.2 Å². The molecule has 3 rings (SSSR count). The van der Waals surface area contributed by atoms with Gasteiger partial charge >= 0.3 is 5.97 Å². The molecule has 34 heavy (non-hydrogen) atoms. The molecular weight excluding hydrogens is 430 g/mol. The molecule has 0 aliphatic carbocycles. The molecule has 3 aromatic carbocycles. The van der Waals surface area contributed by atoms with Gasteiger partial charge < -0.3 is 14.8 Å². The number of nitrogens with one attached hydrogen (secondary N) is 2. The number of para-hydroxylation sites is 1. The first-order valence-electron chi connectivity index (χ1n) is 11.0. The summed E-state index contributed by atoms with van der Waals surface area (Å²) in [4.78, 5) is 24.6. The van der Waals surface area contributed by atoms with Gasteiger partial charge in [-0.2, -0.15) is 5.10 Å². The number of hydrogen-bond donors (Lipinski definition) is 2. The monoisotopic (exact) mass is 459 g/mol. The topological polar surface area (TPSA) is 89.0 Å². The smallest absolute Gasteiger partial charge is 0.343 e. The largest absolute Gasteiger partial charge is 0.490 e. The average molecular weight is 460 g/mol. The van der Waals surface area contributed by atoms with Crippen LogP contribution in [-0.2, 0) is 4.79 Å². The van der Waals surface area contributed by atoms with Crippen LogP contribution in [0.15, 0.2) is 65.8 Å². The zero-order valence-electron chi connectivity index (χ0n) is 19.8. The molecule has 0 aromatic heterocycles. The molecule has 0 fully saturated rings. The van der Waals surface area contributed by atoms with Crippen molar-refractivity contribution >= 4 is 23.8 Å². The number of amides is 1. The highest BCUT2D eigenvalue weighted by Crippen LogP contribution is 2.29. The Balaban J connectivity index is 1.61. The normalized spacial score (nSPS) is 10.7. The van der Waals surface area contributed by atoms with Gasteiger partial charge in [-0.05, 0) is 74.7 Å². The Morgan fingerprint density at radius 1 is 0.941 bits per heavy atom. The molecule has 0 saturated carbocycles. The summed E-state index contributed by atoms with van der Waals surface area (Å²) in [6.07, 6.45) is 1.50. The number of carbonyl (C=O) groups is 2. The van der Waals surface area contributed by atoms with E-state index >= 15 is 0 Å². The molecule has 0 atom stereocenters. The second kappa shape index (κ2) is 11.7. The molecular formula is C27H29N3O4. The number of aryl methyl sites for hydroxylation is 3. The highest BCUT2D eigenvalue weighted by Gasteiger charge is 2.13. The number of esters is 1. The van der Waals surface area contributed by atoms with Crippen LogP contribution in [0, 0.1) is 20.8 Å². The van der Waals surface area contributed by atoms with E-state index in [1.807, 2.05) is 58.0 Å². The first kappa shape index (κ1) is 24.5. The molecule has 0 aliphatic rings. The second-order valence-electron chi connectivity index (χ2n) is 7.81. The fourth-order valence-corrected chi connectivity index (χ4v) is 3.29. The molecule has 0 radical (unpaired) electrons. The highest BCUT2D eigenvalue weighted by molar-refractivity contribution is 5.91. The van der Waals surface area contributed by atoms with Gasteiger partial charge in [0.05, 0.1) is 24.9 Å². The lowest BCUT2D eigenvalue weighted by molar-refractivity contribution is -0.119. The van der Waals surface area contributed by atoms with E-state index in [1.165, 1.54) is 6.21 Å². The van der Waals surface area contributed by atoms with Crippen molar-refractivity contribution in [3.63, 3.8) is 0 Å². The van der Waals surface area contributed by atoms with Crippen molar-refractivity contribution in [2.75, 3.05) is 18.5 Å². The Kier molecular flexibility index (Phi) is 8.40. The van der Waals surface area contributed by atoms with Crippen molar-refractivity contribution in [1.29, 1.82) is 0 Å². The summed E-state index contributed by atoms with van der Waals surface area (Å²) in [6.45, 7) is 8.27. The van der Waals surface area contributed by atoms with Crippen LogP contribution in [0.3, 0.4) is 0 Å². The van der Waals surface area contributed by atoms with Gasteiger partial charge in [0.15, 0.2) is 11.5 Å². The Morgan fingerprint density at radius 2 is 1.65 bits per heavy atom. The predicted molar refractivity (Wildman–Crippen MR) is 134 cm³/mol. The number of carbonyl (C=O) groups excluding carboxylic acids is 2. The van der Waals surface area contributed by atoms with Crippen LogP contribution in [0.5, 0.6) is 11.5 Å². The van der Waals surface area contributed by atoms with Crippen molar-refractivity contribution in [2.45, 2.75) is 27.7 Å². The maximum Gasteiger partial charge on any atom is 0.343 e. The quantitative estimate of drug-likeness (QED) is 0.208. The third-order valence-corrected chi connectivity index (χ3v) is 5.07. The van der Waals surface area contributed by atoms with Gasteiger partial charge in [0.2, 0.25) is 0 Å². The van der Waals surface area contributed by atoms with Crippen molar-refractivity contribution in [3.8, 4) is 11.5 Å². The zero-order chi connectivity index (χ0) is 24.5. The molecule has 0 bridgehead atoms. The van der Waals surface area contributed by atoms with Gasteiger partial charge in [-0.15, -0.1) is 0 Å². The van der Waals surface area contributed by atoms with E-state index in [4.69, 9.17) is 9.47 Å². The Labute approximate surface area is 199 Å². The molecule has 7 nitrogen and oxygen atoms in total. The van der Waals surface area contributed by atoms with Crippen LogP contribution >= 0.6 is 0 Å². The van der Waals surface area contributed by atoms with Gasteiger partial charge in [-0.3, -0.25) is 4.79 Å². The van der Waals surface area contributed by atoms with Gasteiger partial charge in [0.25, 0.3) is 5.91 Å². The lowest BCUT2D eigenvalue weighted by Gasteiger charge is -2.12. The fraction of sp³-hybridized carbons (Fsp3) is 0.222. The number of nitrogens with zero attached hydrogens (tertiary/aromatic N) is 1. The van der Waals surface area contributed by atoms with E-state index in [-0.39, 0.29) is 12.5 Å². The van der Waals surface area contributed by atoms with E-state index in [0.717, 1.165) is 22.4 Å². The summed E-state index contributed by atoms with van der Waals surface area (Å²) in [5.74, 6) is -0.0139. The van der Waals surface area contributed by atoms with Crippen LogP contribution in [0.4, 0.5) is 5.69 Å². The molecule has 3 aromatic rings. The van der Waals surface area contributed by atoms with Crippen LogP contribution in [0.25, 0.3) is 0 Å². The minimum absolute atomic E-state index is 0.0983. The van der Waals surface area contributed by atoms with E-state index < -0.39 is 5.97 Å². The Bertz CT molecular complexity index is 1170. The molecule has 176 valence electrons. The summed E-state index contributed by atoms with van der Waals surface area (Å²) in [6, 6.07) is 18.2. The summed E-state index contributed by atoms with van der Waals surface area (Å²) >= 11 is 0. The number of ether oxygens (including phenoxy) is 2. The lowest BCUT2D eigenvalue weighted by atomic mass is 10.1. The average Bonchev–Trinajstić information content (AvgIpc) is 2.81. The van der Waals surface area contributed by atoms with Crippen molar-refractivity contribution in [2.24, 2.45) is 5.10 Å². The van der Waals surface area contributed by atoms with E-state index in [9.17, 15) is 9.59 Å². The van der Waals surface area contributed by atoms with Crippen molar-refractivity contribution in [3.05, 3.63) is 88.5 Å². The third-order valence-electron chi connectivity index (χ3n) is 5.07. The number of hydrogen-bond acceptors (Lipinski definition) is 6. The SMILES string of the molecule is CCOc1cc(C=NNC(=O)CNc2c(C)cccc2C)ccc1OC(=O)c1ccc(C)cc1. The number of hydrazone groups is 1.